The van der Waals surface area contributed by atoms with Crippen molar-refractivity contribution in [2.45, 2.75) is 4.33 Å². The molecule has 0 aliphatic heterocycles. The van der Waals surface area contributed by atoms with Crippen LogP contribution in [0.3, 0.4) is 0 Å². The van der Waals surface area contributed by atoms with Gasteiger partial charge in [0, 0.05) is 0 Å². The fraction of sp³-hybridized carbons (Fsp3) is 0.176. The first-order chi connectivity index (χ1) is 12.7. The van der Waals surface area contributed by atoms with Gasteiger partial charge in [-0.15, -0.1) is 0 Å². The lowest BCUT2D eigenvalue weighted by molar-refractivity contribution is 0.416. The third kappa shape index (κ3) is 5.14. The highest BCUT2D eigenvalue weighted by Gasteiger charge is 2.36. The molecule has 0 spiro atoms. The molecule has 0 saturated heterocycles. The van der Waals surface area contributed by atoms with Crippen molar-refractivity contribution in [3.05, 3.63) is 46.4 Å². The summed E-state index contributed by atoms with van der Waals surface area (Å²) in [5.74, 6) is 0.622. The average Bonchev–Trinajstić information content (AvgIpc) is 2.62. The summed E-state index contributed by atoms with van der Waals surface area (Å²) in [6.07, 6.45) is 0. The van der Waals surface area contributed by atoms with Crippen LogP contribution in [-0.2, 0) is 0 Å². The van der Waals surface area contributed by atoms with Gasteiger partial charge < -0.3 is 9.47 Å². The molecule has 144 valence electrons. The molecule has 2 aromatic carbocycles. The first-order valence-corrected chi connectivity index (χ1v) is 9.51. The topological polar surface area (TPSA) is 43.2 Å². The first kappa shape index (κ1) is 22.4. The monoisotopic (exact) mass is 486 g/mol. The van der Waals surface area contributed by atoms with Gasteiger partial charge in [-0.3, -0.25) is 0 Å². The summed E-state index contributed by atoms with van der Waals surface area (Å²) in [4.78, 5) is 8.34. The largest absolute Gasteiger partial charge is 0.493 e. The Kier molecular flexibility index (Phi) is 7.93. The van der Waals surface area contributed by atoms with E-state index in [4.69, 9.17) is 79.1 Å². The molecule has 2 aromatic rings. The van der Waals surface area contributed by atoms with Gasteiger partial charge in [0.15, 0.2) is 11.5 Å². The molecule has 10 heteroatoms. The van der Waals surface area contributed by atoms with Crippen LogP contribution in [-0.4, -0.2) is 28.9 Å². The Balaban J connectivity index is 2.45. The predicted molar refractivity (Wildman–Crippen MR) is 116 cm³/mol. The summed E-state index contributed by atoms with van der Waals surface area (Å²) in [5.41, 5.74) is 0.649. The SMILES string of the molecule is COc1c(Cl)cccc1N=C(Cl)C(Cl)(Cl)C(Cl)=Nc1cccc(Cl)c1OC. The van der Waals surface area contributed by atoms with E-state index in [2.05, 4.69) is 9.98 Å². The molecule has 0 bridgehead atoms. The number of rotatable bonds is 6. The summed E-state index contributed by atoms with van der Waals surface area (Å²) in [7, 11) is 2.89. The van der Waals surface area contributed by atoms with E-state index in [0.29, 0.717) is 32.9 Å². The van der Waals surface area contributed by atoms with E-state index in [1.807, 2.05) is 0 Å². The molecule has 0 amide bonds. The number of halogens is 6. The lowest BCUT2D eigenvalue weighted by Crippen LogP contribution is -2.28. The van der Waals surface area contributed by atoms with Gasteiger partial charge in [0.2, 0.25) is 4.33 Å². The summed E-state index contributed by atoms with van der Waals surface area (Å²) in [5, 5.41) is 0.199. The van der Waals surface area contributed by atoms with Crippen LogP contribution in [0.25, 0.3) is 0 Å². The Morgan fingerprint density at radius 2 is 1.15 bits per heavy atom. The fourth-order valence-corrected chi connectivity index (χ4v) is 3.08. The van der Waals surface area contributed by atoms with E-state index >= 15 is 0 Å². The van der Waals surface area contributed by atoms with E-state index in [9.17, 15) is 0 Å². The minimum atomic E-state index is -1.93. The third-order valence-corrected chi connectivity index (χ3v) is 5.69. The molecule has 2 rings (SSSR count). The fourth-order valence-electron chi connectivity index (χ4n) is 2.01. The summed E-state index contributed by atoms with van der Waals surface area (Å²) in [6, 6.07) is 9.88. The predicted octanol–water partition coefficient (Wildman–Crippen LogP) is 7.42. The van der Waals surface area contributed by atoms with Gasteiger partial charge >= 0.3 is 0 Å². The van der Waals surface area contributed by atoms with Crippen molar-refractivity contribution in [2.24, 2.45) is 9.98 Å². The minimum absolute atomic E-state index is 0.249. The summed E-state index contributed by atoms with van der Waals surface area (Å²) in [6.45, 7) is 0. The van der Waals surface area contributed by atoms with E-state index in [1.165, 1.54) is 14.2 Å². The zero-order chi connectivity index (χ0) is 20.2. The maximum atomic E-state index is 6.30. The van der Waals surface area contributed by atoms with Gasteiger partial charge in [-0.25, -0.2) is 9.98 Å². The lowest BCUT2D eigenvalue weighted by Gasteiger charge is -2.17. The quantitative estimate of drug-likeness (QED) is 0.313. The Bertz CT molecular complexity index is 827. The molecular weight excluding hydrogens is 477 g/mol. The zero-order valence-electron chi connectivity index (χ0n) is 13.9. The molecule has 0 radical (unpaired) electrons. The van der Waals surface area contributed by atoms with Crippen molar-refractivity contribution in [1.29, 1.82) is 0 Å². The number of benzene rings is 2. The van der Waals surface area contributed by atoms with Gasteiger partial charge in [0.1, 0.15) is 21.7 Å². The van der Waals surface area contributed by atoms with E-state index in [0.717, 1.165) is 0 Å². The standard InChI is InChI=1S/C17H12Cl6N2O2/c1-26-13-9(18)5-3-7-11(13)24-15(20)17(22,23)16(21)25-12-8-4-6-10(19)14(12)27-2/h3-8H,1-2H3. The van der Waals surface area contributed by atoms with Crippen molar-refractivity contribution in [2.75, 3.05) is 14.2 Å². The molecule has 27 heavy (non-hydrogen) atoms. The number of alkyl halides is 2. The molecule has 0 aliphatic rings. The lowest BCUT2D eigenvalue weighted by atomic mass is 10.3. The number of methoxy groups -OCH3 is 2. The van der Waals surface area contributed by atoms with Gasteiger partial charge in [-0.2, -0.15) is 0 Å². The number of aliphatic imine (C=N–C) groups is 2. The molecule has 0 heterocycles. The van der Waals surface area contributed by atoms with Crippen molar-refractivity contribution in [1.82, 2.24) is 0 Å². The van der Waals surface area contributed by atoms with Crippen LogP contribution in [0.5, 0.6) is 11.5 Å². The number of ether oxygens (including phenoxy) is 2. The Morgan fingerprint density at radius 1 is 0.778 bits per heavy atom. The second-order valence-electron chi connectivity index (χ2n) is 4.96. The third-order valence-electron chi connectivity index (χ3n) is 3.26. The molecule has 0 saturated carbocycles. The van der Waals surface area contributed by atoms with E-state index in [1.54, 1.807) is 36.4 Å². The maximum absolute atomic E-state index is 6.30. The molecule has 4 nitrogen and oxygen atoms in total. The van der Waals surface area contributed by atoms with Crippen LogP contribution in [0.15, 0.2) is 46.4 Å². The second-order valence-corrected chi connectivity index (χ2v) is 7.82. The van der Waals surface area contributed by atoms with Crippen LogP contribution in [0.4, 0.5) is 11.4 Å². The van der Waals surface area contributed by atoms with Crippen LogP contribution in [0, 0.1) is 0 Å². The maximum Gasteiger partial charge on any atom is 0.222 e. The molecule has 0 aromatic heterocycles. The van der Waals surface area contributed by atoms with Crippen LogP contribution >= 0.6 is 69.6 Å². The Hall–Kier alpha value is -0.880. The Labute approximate surface area is 186 Å². The van der Waals surface area contributed by atoms with Gasteiger partial charge in [-0.05, 0) is 24.3 Å². The number of hydrogen-bond acceptors (Lipinski definition) is 4. The molecule has 0 aliphatic carbocycles. The van der Waals surface area contributed by atoms with Gasteiger partial charge in [0.25, 0.3) is 0 Å². The Morgan fingerprint density at radius 3 is 1.48 bits per heavy atom. The summed E-state index contributed by atoms with van der Waals surface area (Å²) >= 11 is 37.2. The van der Waals surface area contributed by atoms with Crippen molar-refractivity contribution in [3.8, 4) is 11.5 Å². The van der Waals surface area contributed by atoms with Crippen LogP contribution < -0.4 is 9.47 Å². The zero-order valence-corrected chi connectivity index (χ0v) is 18.5. The molecule has 0 N–H and O–H groups in total. The number of para-hydroxylation sites is 2. The van der Waals surface area contributed by atoms with E-state index < -0.39 is 4.33 Å². The van der Waals surface area contributed by atoms with Crippen molar-refractivity contribution in [3.63, 3.8) is 0 Å². The van der Waals surface area contributed by atoms with E-state index in [-0.39, 0.29) is 10.3 Å². The average molecular weight is 489 g/mol. The summed E-state index contributed by atoms with van der Waals surface area (Å²) < 4.78 is 8.50. The molecule has 0 unspecified atom stereocenters. The van der Waals surface area contributed by atoms with Gasteiger partial charge in [0.05, 0.1) is 24.3 Å². The normalized spacial score (nSPS) is 12.9. The van der Waals surface area contributed by atoms with Crippen molar-refractivity contribution >= 4 is 91.3 Å². The smallest absolute Gasteiger partial charge is 0.222 e. The molecular formula is C17H12Cl6N2O2. The highest BCUT2D eigenvalue weighted by Crippen LogP contribution is 2.40. The van der Waals surface area contributed by atoms with Crippen LogP contribution in [0.2, 0.25) is 10.0 Å². The molecule has 0 atom stereocenters. The van der Waals surface area contributed by atoms with Crippen LogP contribution in [0.1, 0.15) is 0 Å². The highest BCUT2D eigenvalue weighted by molar-refractivity contribution is 6.93. The second kappa shape index (κ2) is 9.55. The number of nitrogens with zero attached hydrogens (tertiary/aromatic N) is 2. The van der Waals surface area contributed by atoms with Crippen molar-refractivity contribution < 1.29 is 9.47 Å². The molecule has 0 fully saturated rings. The number of hydrogen-bond donors (Lipinski definition) is 0. The van der Waals surface area contributed by atoms with Gasteiger partial charge in [-0.1, -0.05) is 81.7 Å². The minimum Gasteiger partial charge on any atom is -0.493 e. The highest BCUT2D eigenvalue weighted by atomic mass is 35.5. The first-order valence-electron chi connectivity index (χ1n) is 7.24.